The minimum atomic E-state index is -3.92. The lowest BCUT2D eigenvalue weighted by molar-refractivity contribution is 0.179. The number of rotatable bonds is 2. The molecule has 2 atom stereocenters. The van der Waals surface area contributed by atoms with Crippen LogP contribution in [0.2, 0.25) is 0 Å². The second-order valence-electron chi connectivity index (χ2n) is 5.57. The van der Waals surface area contributed by atoms with E-state index in [0.717, 1.165) is 24.8 Å². The maximum Gasteiger partial charge on any atom is 0.265 e. The van der Waals surface area contributed by atoms with Gasteiger partial charge in [0.05, 0.1) is 5.75 Å². The topological polar surface area (TPSA) is 54.4 Å². The third kappa shape index (κ3) is 1.38. The normalized spacial score (nSPS) is 38.6. The van der Waals surface area contributed by atoms with Crippen molar-refractivity contribution in [1.29, 1.82) is 0 Å². The summed E-state index contributed by atoms with van der Waals surface area (Å²) >= 11 is 0. The Hall–Kier alpha value is -0.350. The largest absolute Gasteiger partial charge is 0.286 e. The van der Waals surface area contributed by atoms with Crippen LogP contribution in [0.25, 0.3) is 0 Å². The first-order valence-electron chi connectivity index (χ1n) is 5.32. The summed E-state index contributed by atoms with van der Waals surface area (Å²) in [5, 5.41) is 0. The van der Waals surface area contributed by atoms with Crippen molar-refractivity contribution in [2.24, 2.45) is 16.7 Å². The van der Waals surface area contributed by atoms with Gasteiger partial charge in [0.15, 0.2) is 0 Å². The summed E-state index contributed by atoms with van der Waals surface area (Å²) in [5.41, 5.74) is 0.590. The van der Waals surface area contributed by atoms with Gasteiger partial charge >= 0.3 is 0 Å². The van der Waals surface area contributed by atoms with Gasteiger partial charge in [0, 0.05) is 5.41 Å². The van der Waals surface area contributed by atoms with Crippen LogP contribution in [-0.4, -0.2) is 18.7 Å². The molecule has 86 valence electrons. The van der Waals surface area contributed by atoms with Gasteiger partial charge in [-0.2, -0.15) is 8.42 Å². The quantitative estimate of drug-likeness (QED) is 0.585. The second-order valence-corrected chi connectivity index (χ2v) is 7.03. The van der Waals surface area contributed by atoms with Crippen LogP contribution in [0, 0.1) is 16.7 Å². The van der Waals surface area contributed by atoms with Crippen LogP contribution < -0.4 is 0 Å². The Morgan fingerprint density at radius 2 is 2.13 bits per heavy atom. The van der Waals surface area contributed by atoms with Crippen LogP contribution >= 0.6 is 0 Å². The molecule has 1 N–H and O–H groups in total. The lowest BCUT2D eigenvalue weighted by Gasteiger charge is -2.37. The Kier molecular flexibility index (Phi) is 2.12. The Bertz CT molecular complexity index is 408. The van der Waals surface area contributed by atoms with Crippen LogP contribution in [0.3, 0.4) is 0 Å². The Morgan fingerprint density at radius 1 is 1.53 bits per heavy atom. The number of allylic oxidation sites excluding steroid dienone is 1. The molecule has 2 saturated carbocycles. The molecule has 2 aliphatic carbocycles. The van der Waals surface area contributed by atoms with Crippen molar-refractivity contribution in [1.82, 2.24) is 0 Å². The average molecular weight is 230 g/mol. The zero-order valence-corrected chi connectivity index (χ0v) is 10.1. The Labute approximate surface area is 91.3 Å². The molecule has 0 amide bonds. The van der Waals surface area contributed by atoms with Crippen molar-refractivity contribution in [3.63, 3.8) is 0 Å². The van der Waals surface area contributed by atoms with Crippen molar-refractivity contribution >= 4 is 10.1 Å². The van der Waals surface area contributed by atoms with Gasteiger partial charge in [0.2, 0.25) is 0 Å². The highest BCUT2D eigenvalue weighted by molar-refractivity contribution is 7.85. The smallest absolute Gasteiger partial charge is 0.265 e. The molecular formula is C11H18O3S. The lowest BCUT2D eigenvalue weighted by atomic mass is 9.69. The fourth-order valence-corrected chi connectivity index (χ4v) is 4.99. The molecule has 2 bridgehead atoms. The first kappa shape index (κ1) is 11.1. The van der Waals surface area contributed by atoms with Crippen molar-refractivity contribution in [2.75, 3.05) is 5.75 Å². The van der Waals surface area contributed by atoms with Gasteiger partial charge in [-0.15, -0.1) is 0 Å². The summed E-state index contributed by atoms with van der Waals surface area (Å²) in [6, 6.07) is 0. The molecule has 1 unspecified atom stereocenters. The molecule has 0 aromatic rings. The molecule has 15 heavy (non-hydrogen) atoms. The average Bonchev–Trinajstić information content (AvgIpc) is 2.34. The van der Waals surface area contributed by atoms with Crippen LogP contribution in [0.4, 0.5) is 0 Å². The first-order chi connectivity index (χ1) is 6.69. The van der Waals surface area contributed by atoms with Crippen LogP contribution in [-0.2, 0) is 10.1 Å². The van der Waals surface area contributed by atoms with Gasteiger partial charge < -0.3 is 0 Å². The third-order valence-corrected chi connectivity index (χ3v) is 5.63. The second kappa shape index (κ2) is 2.86. The zero-order chi connectivity index (χ0) is 11.5. The highest BCUT2D eigenvalue weighted by Gasteiger charge is 2.62. The molecule has 0 saturated heterocycles. The highest BCUT2D eigenvalue weighted by Crippen LogP contribution is 2.68. The maximum absolute atomic E-state index is 11.1. The van der Waals surface area contributed by atoms with E-state index in [1.54, 1.807) is 0 Å². The number of fused-ring (bicyclic) bond motifs is 2. The van der Waals surface area contributed by atoms with Crippen LogP contribution in [0.1, 0.15) is 33.1 Å². The summed E-state index contributed by atoms with van der Waals surface area (Å²) in [7, 11) is -3.92. The summed E-state index contributed by atoms with van der Waals surface area (Å²) < 4.78 is 31.3. The van der Waals surface area contributed by atoms with Crippen molar-refractivity contribution in [2.45, 2.75) is 33.1 Å². The van der Waals surface area contributed by atoms with E-state index in [1.165, 1.54) is 0 Å². The third-order valence-electron chi connectivity index (χ3n) is 4.77. The molecule has 0 spiro atoms. The summed E-state index contributed by atoms with van der Waals surface area (Å²) in [6.45, 7) is 8.22. The van der Waals surface area contributed by atoms with Gasteiger partial charge in [-0.25, -0.2) is 0 Å². The molecule has 0 heterocycles. The predicted octanol–water partition coefficient (Wildman–Crippen LogP) is 2.26. The predicted molar refractivity (Wildman–Crippen MR) is 59.1 cm³/mol. The fourth-order valence-electron chi connectivity index (χ4n) is 3.65. The van der Waals surface area contributed by atoms with Crippen LogP contribution in [0.15, 0.2) is 12.2 Å². The summed E-state index contributed by atoms with van der Waals surface area (Å²) in [5.74, 6) is 0.384. The molecule has 2 rings (SSSR count). The van der Waals surface area contributed by atoms with Crippen molar-refractivity contribution in [3.8, 4) is 0 Å². The van der Waals surface area contributed by atoms with Crippen molar-refractivity contribution < 1.29 is 13.0 Å². The van der Waals surface area contributed by atoms with E-state index < -0.39 is 10.1 Å². The van der Waals surface area contributed by atoms with Crippen molar-refractivity contribution in [3.05, 3.63) is 12.2 Å². The maximum atomic E-state index is 11.1. The molecule has 0 aromatic heterocycles. The van der Waals surface area contributed by atoms with Gasteiger partial charge in [-0.1, -0.05) is 26.0 Å². The van der Waals surface area contributed by atoms with Gasteiger partial charge in [0.25, 0.3) is 10.1 Å². The SMILES string of the molecule is C=C1CC2CC[C@]1(CS(=O)(=O)O)C2(C)C. The first-order valence-corrected chi connectivity index (χ1v) is 6.93. The minimum Gasteiger partial charge on any atom is -0.286 e. The van der Waals surface area contributed by atoms with E-state index in [0.29, 0.717) is 5.92 Å². The highest BCUT2D eigenvalue weighted by atomic mass is 32.2. The van der Waals surface area contributed by atoms with Gasteiger partial charge in [-0.05, 0) is 30.6 Å². The summed E-state index contributed by atoms with van der Waals surface area (Å²) in [6.07, 6.45) is 2.83. The minimum absolute atomic E-state index is 0.0418. The van der Waals surface area contributed by atoms with E-state index in [9.17, 15) is 8.42 Å². The van der Waals surface area contributed by atoms with E-state index in [1.807, 2.05) is 0 Å². The number of hydrogen-bond acceptors (Lipinski definition) is 2. The Morgan fingerprint density at radius 3 is 2.47 bits per heavy atom. The van der Waals surface area contributed by atoms with Crippen LogP contribution in [0.5, 0.6) is 0 Å². The zero-order valence-electron chi connectivity index (χ0n) is 9.28. The lowest BCUT2D eigenvalue weighted by Crippen LogP contribution is -2.37. The van der Waals surface area contributed by atoms with E-state index >= 15 is 0 Å². The van der Waals surface area contributed by atoms with E-state index in [2.05, 4.69) is 20.4 Å². The number of hydrogen-bond donors (Lipinski definition) is 1. The molecule has 2 aliphatic rings. The molecule has 0 aliphatic heterocycles. The molecular weight excluding hydrogens is 212 g/mol. The molecule has 3 nitrogen and oxygen atoms in total. The Balaban J connectivity index is 2.45. The molecule has 4 heteroatoms. The summed E-state index contributed by atoms with van der Waals surface area (Å²) in [4.78, 5) is 0. The van der Waals surface area contributed by atoms with E-state index in [4.69, 9.17) is 4.55 Å². The van der Waals surface area contributed by atoms with Gasteiger partial charge in [-0.3, -0.25) is 4.55 Å². The standard InChI is InChI=1S/C11H18O3S/c1-8-6-9-4-5-11(8,10(9,2)3)7-15(12,13)14/h9H,1,4-7H2,2-3H3,(H,12,13,14)/t9?,11-/m1/s1. The fraction of sp³-hybridized carbons (Fsp3) is 0.818. The molecule has 0 radical (unpaired) electrons. The van der Waals surface area contributed by atoms with E-state index in [-0.39, 0.29) is 16.6 Å². The molecule has 2 fully saturated rings. The van der Waals surface area contributed by atoms with Gasteiger partial charge in [0.1, 0.15) is 0 Å². The molecule has 0 aromatic carbocycles. The monoisotopic (exact) mass is 230 g/mol.